The average Bonchev–Trinajstić information content (AvgIpc) is 2.72. The third-order valence-corrected chi connectivity index (χ3v) is 4.04. The first-order valence-corrected chi connectivity index (χ1v) is 6.72. The number of hydrogen-bond donors (Lipinski definition) is 0. The number of aromatic nitrogens is 4. The fourth-order valence-electron chi connectivity index (χ4n) is 1.86. The highest BCUT2D eigenvalue weighted by Gasteiger charge is 2.09. The quantitative estimate of drug-likeness (QED) is 0.715. The molecule has 6 heteroatoms. The molecule has 0 aliphatic rings. The van der Waals surface area contributed by atoms with Crippen LogP contribution in [0.1, 0.15) is 15.6 Å². The molecule has 0 unspecified atom stereocenters. The molecule has 0 atom stereocenters. The second-order valence-corrected chi connectivity index (χ2v) is 5.61. The number of nitrogens with zero attached hydrogens (tertiary/aromatic N) is 4. The van der Waals surface area contributed by atoms with Crippen molar-refractivity contribution in [2.45, 2.75) is 20.4 Å². The molecule has 0 amide bonds. The van der Waals surface area contributed by atoms with Gasteiger partial charge in [0.2, 0.25) is 0 Å². The van der Waals surface area contributed by atoms with E-state index in [0.717, 1.165) is 15.6 Å². The lowest BCUT2D eigenvalue weighted by molar-refractivity contribution is 0.598. The van der Waals surface area contributed by atoms with Crippen LogP contribution in [0.15, 0.2) is 29.1 Å². The summed E-state index contributed by atoms with van der Waals surface area (Å²) in [5.41, 5.74) is 1.49. The van der Waals surface area contributed by atoms with E-state index < -0.39 is 0 Å². The van der Waals surface area contributed by atoms with E-state index in [4.69, 9.17) is 0 Å². The maximum Gasteiger partial charge on any atom is 0.277 e. The van der Waals surface area contributed by atoms with Crippen LogP contribution in [0.2, 0.25) is 0 Å². The van der Waals surface area contributed by atoms with Crippen molar-refractivity contribution in [1.29, 1.82) is 0 Å². The van der Waals surface area contributed by atoms with Gasteiger partial charge in [-0.1, -0.05) is 17.3 Å². The number of benzene rings is 1. The first-order chi connectivity index (χ1) is 9.15. The van der Waals surface area contributed by atoms with Crippen molar-refractivity contribution in [2.24, 2.45) is 0 Å². The average molecular weight is 272 g/mol. The molecule has 0 saturated heterocycles. The highest BCUT2D eigenvalue weighted by atomic mass is 32.1. The molecule has 2 heterocycles. The highest BCUT2D eigenvalue weighted by Crippen LogP contribution is 2.16. The fraction of sp³-hybridized carbons (Fsp3) is 0.231. The van der Waals surface area contributed by atoms with E-state index in [-0.39, 0.29) is 5.56 Å². The van der Waals surface area contributed by atoms with Gasteiger partial charge in [-0.2, -0.15) is 0 Å². The van der Waals surface area contributed by atoms with Crippen molar-refractivity contribution in [3.63, 3.8) is 0 Å². The Hall–Kier alpha value is -2.08. The molecule has 96 valence electrons. The molecule has 0 N–H and O–H groups in total. The fourth-order valence-corrected chi connectivity index (χ4v) is 2.78. The molecular weight excluding hydrogens is 260 g/mol. The lowest BCUT2D eigenvalue weighted by atomic mass is 10.2. The number of thiazole rings is 1. The second kappa shape index (κ2) is 4.55. The van der Waals surface area contributed by atoms with E-state index in [1.165, 1.54) is 4.68 Å². The Balaban J connectivity index is 2.06. The molecule has 0 saturated carbocycles. The zero-order chi connectivity index (χ0) is 13.4. The molecule has 5 nitrogen and oxygen atoms in total. The van der Waals surface area contributed by atoms with Crippen LogP contribution in [-0.4, -0.2) is 20.0 Å². The molecule has 0 radical (unpaired) electrons. The van der Waals surface area contributed by atoms with Gasteiger partial charge in [-0.05, 0) is 26.0 Å². The third-order valence-electron chi connectivity index (χ3n) is 2.99. The van der Waals surface area contributed by atoms with Crippen LogP contribution in [-0.2, 0) is 6.54 Å². The van der Waals surface area contributed by atoms with Gasteiger partial charge < -0.3 is 0 Å². The minimum absolute atomic E-state index is 0.129. The summed E-state index contributed by atoms with van der Waals surface area (Å²) in [6, 6.07) is 7.22. The van der Waals surface area contributed by atoms with Crippen LogP contribution in [0.5, 0.6) is 0 Å². The van der Waals surface area contributed by atoms with Gasteiger partial charge in [0.15, 0.2) is 0 Å². The van der Waals surface area contributed by atoms with Crippen molar-refractivity contribution < 1.29 is 0 Å². The van der Waals surface area contributed by atoms with E-state index in [0.29, 0.717) is 17.4 Å². The van der Waals surface area contributed by atoms with E-state index in [9.17, 15) is 4.79 Å². The minimum Gasteiger partial charge on any atom is -0.267 e. The zero-order valence-corrected chi connectivity index (χ0v) is 11.4. The Bertz CT molecular complexity index is 786. The standard InChI is InChI=1S/C13H12N4OS/c1-8-9(2)19-12(14-8)7-17-13(18)10-5-3-4-6-11(10)15-16-17/h3-6H,7H2,1-2H3. The minimum atomic E-state index is -0.129. The van der Waals surface area contributed by atoms with Crippen molar-refractivity contribution in [3.05, 3.63) is 50.2 Å². The molecule has 1 aromatic carbocycles. The molecule has 19 heavy (non-hydrogen) atoms. The number of fused-ring (bicyclic) bond motifs is 1. The van der Waals surface area contributed by atoms with Gasteiger partial charge in [-0.25, -0.2) is 9.67 Å². The second-order valence-electron chi connectivity index (χ2n) is 4.32. The summed E-state index contributed by atoms with van der Waals surface area (Å²) in [5.74, 6) is 0. The predicted molar refractivity (Wildman–Crippen MR) is 74.5 cm³/mol. The topological polar surface area (TPSA) is 60.7 Å². The summed E-state index contributed by atoms with van der Waals surface area (Å²) in [6.45, 7) is 4.35. The van der Waals surface area contributed by atoms with Crippen LogP contribution in [0.4, 0.5) is 0 Å². The van der Waals surface area contributed by atoms with Crippen molar-refractivity contribution >= 4 is 22.2 Å². The maximum absolute atomic E-state index is 12.3. The first-order valence-electron chi connectivity index (χ1n) is 5.90. The van der Waals surface area contributed by atoms with Gasteiger partial charge in [-0.3, -0.25) is 4.79 Å². The lowest BCUT2D eigenvalue weighted by Crippen LogP contribution is -2.24. The molecule has 3 rings (SSSR count). The van der Waals surface area contributed by atoms with Crippen LogP contribution >= 0.6 is 11.3 Å². The Morgan fingerprint density at radius 1 is 1.26 bits per heavy atom. The summed E-state index contributed by atoms with van der Waals surface area (Å²) in [5, 5.41) is 9.48. The lowest BCUT2D eigenvalue weighted by Gasteiger charge is -2.02. The van der Waals surface area contributed by atoms with Crippen LogP contribution in [0.25, 0.3) is 10.9 Å². The number of rotatable bonds is 2. The van der Waals surface area contributed by atoms with Gasteiger partial charge >= 0.3 is 0 Å². The molecule has 3 aromatic rings. The van der Waals surface area contributed by atoms with Crippen molar-refractivity contribution in [1.82, 2.24) is 20.0 Å². The Labute approximate surface area is 113 Å². The first kappa shape index (κ1) is 12.0. The van der Waals surface area contributed by atoms with Gasteiger partial charge in [0.05, 0.1) is 17.6 Å². The largest absolute Gasteiger partial charge is 0.277 e. The van der Waals surface area contributed by atoms with Crippen molar-refractivity contribution in [3.8, 4) is 0 Å². The Morgan fingerprint density at radius 3 is 2.79 bits per heavy atom. The van der Waals surface area contributed by atoms with Crippen LogP contribution < -0.4 is 5.56 Å². The third kappa shape index (κ3) is 2.15. The van der Waals surface area contributed by atoms with Gasteiger partial charge in [-0.15, -0.1) is 16.4 Å². The number of hydrogen-bond acceptors (Lipinski definition) is 5. The molecule has 0 spiro atoms. The molecular formula is C13H12N4OS. The highest BCUT2D eigenvalue weighted by molar-refractivity contribution is 7.11. The van der Waals surface area contributed by atoms with Crippen molar-refractivity contribution in [2.75, 3.05) is 0 Å². The summed E-state index contributed by atoms with van der Waals surface area (Å²) < 4.78 is 1.36. The molecule has 0 fully saturated rings. The normalized spacial score (nSPS) is 11.1. The van der Waals surface area contributed by atoms with E-state index in [1.54, 1.807) is 23.5 Å². The van der Waals surface area contributed by atoms with Crippen LogP contribution in [0.3, 0.4) is 0 Å². The summed E-state index contributed by atoms with van der Waals surface area (Å²) in [7, 11) is 0. The van der Waals surface area contributed by atoms with Crippen LogP contribution in [0, 0.1) is 13.8 Å². The van der Waals surface area contributed by atoms with E-state index in [1.807, 2.05) is 26.0 Å². The van der Waals surface area contributed by atoms with E-state index in [2.05, 4.69) is 15.3 Å². The molecule has 0 aliphatic carbocycles. The molecule has 2 aromatic heterocycles. The van der Waals surface area contributed by atoms with Gasteiger partial charge in [0, 0.05) is 4.88 Å². The zero-order valence-electron chi connectivity index (χ0n) is 10.6. The van der Waals surface area contributed by atoms with E-state index >= 15 is 0 Å². The predicted octanol–water partition coefficient (Wildman–Crippen LogP) is 1.91. The monoisotopic (exact) mass is 272 g/mol. The summed E-state index contributed by atoms with van der Waals surface area (Å²) >= 11 is 1.58. The molecule has 0 bridgehead atoms. The Morgan fingerprint density at radius 2 is 2.05 bits per heavy atom. The summed E-state index contributed by atoms with van der Waals surface area (Å²) in [4.78, 5) is 17.8. The Kier molecular flexibility index (Phi) is 2.87. The SMILES string of the molecule is Cc1nc(Cn2nnc3ccccc3c2=O)sc1C. The van der Waals surface area contributed by atoms with Gasteiger partial charge in [0.25, 0.3) is 5.56 Å². The molecule has 0 aliphatic heterocycles. The maximum atomic E-state index is 12.3. The summed E-state index contributed by atoms with van der Waals surface area (Å²) in [6.07, 6.45) is 0. The smallest absolute Gasteiger partial charge is 0.267 e. The number of aryl methyl sites for hydroxylation is 2. The van der Waals surface area contributed by atoms with Gasteiger partial charge in [0.1, 0.15) is 10.5 Å².